The molecule has 5 atom stereocenters. The van der Waals surface area contributed by atoms with Crippen molar-refractivity contribution in [2.45, 2.75) is 78.1 Å². The number of rotatable bonds is 8. The van der Waals surface area contributed by atoms with Gasteiger partial charge in [0.2, 0.25) is 12.2 Å². The van der Waals surface area contributed by atoms with E-state index in [0.29, 0.717) is 6.42 Å². The van der Waals surface area contributed by atoms with E-state index >= 15 is 0 Å². The number of esters is 4. The first kappa shape index (κ1) is 24.3. The number of hydrogen-bond acceptors (Lipinski definition) is 10. The molecule has 1 fully saturated rings. The van der Waals surface area contributed by atoms with Crippen molar-refractivity contribution in [3.05, 3.63) is 0 Å². The Morgan fingerprint density at radius 3 is 1.90 bits per heavy atom. The van der Waals surface area contributed by atoms with E-state index in [2.05, 4.69) is 5.32 Å². The number of hydrogen-bond donors (Lipinski definition) is 1. The molecule has 2 unspecified atom stereocenters. The number of nitrogens with one attached hydrogen (secondary N) is 1. The fourth-order valence-electron chi connectivity index (χ4n) is 2.81. The minimum atomic E-state index is -1.37. The van der Waals surface area contributed by atoms with Crippen molar-refractivity contribution in [3.8, 4) is 0 Å². The molecule has 164 valence electrons. The average Bonchev–Trinajstić information content (AvgIpc) is 2.57. The molecule has 11 heteroatoms. The number of carbonyl (C=O) groups is 5. The van der Waals surface area contributed by atoms with Crippen LogP contribution in [0.3, 0.4) is 0 Å². The van der Waals surface area contributed by atoms with Gasteiger partial charge in [-0.15, -0.1) is 0 Å². The minimum absolute atomic E-state index is 0.167. The fraction of sp³-hybridized carbons (Fsp3) is 0.722. The summed E-state index contributed by atoms with van der Waals surface area (Å²) in [5.41, 5.74) is 0. The van der Waals surface area contributed by atoms with Gasteiger partial charge in [-0.2, -0.15) is 0 Å². The molecule has 0 aromatic heterocycles. The third-order valence-corrected chi connectivity index (χ3v) is 3.77. The van der Waals surface area contributed by atoms with Crippen LogP contribution in [-0.4, -0.2) is 67.0 Å². The molecule has 0 saturated carbocycles. The Labute approximate surface area is 168 Å². The second-order valence-electron chi connectivity index (χ2n) is 6.46. The van der Waals surface area contributed by atoms with Gasteiger partial charge in [-0.05, 0) is 6.42 Å². The van der Waals surface area contributed by atoms with Crippen LogP contribution in [-0.2, 0) is 47.7 Å². The summed E-state index contributed by atoms with van der Waals surface area (Å²) in [5, 5.41) is 2.48. The summed E-state index contributed by atoms with van der Waals surface area (Å²) in [7, 11) is 0. The Hall–Kier alpha value is -2.69. The van der Waals surface area contributed by atoms with E-state index in [4.69, 9.17) is 23.7 Å². The maximum atomic E-state index is 11.7. The van der Waals surface area contributed by atoms with E-state index in [1.165, 1.54) is 6.92 Å². The first-order chi connectivity index (χ1) is 13.5. The molecule has 1 rings (SSSR count). The highest BCUT2D eigenvalue weighted by Gasteiger charge is 2.52. The first-order valence-electron chi connectivity index (χ1n) is 9.15. The van der Waals surface area contributed by atoms with Crippen LogP contribution < -0.4 is 5.32 Å². The smallest absolute Gasteiger partial charge is 0.305 e. The Morgan fingerprint density at radius 1 is 0.862 bits per heavy atom. The van der Waals surface area contributed by atoms with Gasteiger partial charge >= 0.3 is 23.9 Å². The molecule has 0 spiro atoms. The van der Waals surface area contributed by atoms with Crippen molar-refractivity contribution < 1.29 is 47.7 Å². The maximum Gasteiger partial charge on any atom is 0.305 e. The Kier molecular flexibility index (Phi) is 9.53. The van der Waals surface area contributed by atoms with Crippen LogP contribution in [0, 0.1) is 0 Å². The highest BCUT2D eigenvalue weighted by Crippen LogP contribution is 2.28. The van der Waals surface area contributed by atoms with Crippen molar-refractivity contribution in [2.24, 2.45) is 0 Å². The Balaban J connectivity index is 3.24. The van der Waals surface area contributed by atoms with Gasteiger partial charge in [0.05, 0.1) is 0 Å². The maximum absolute atomic E-state index is 11.7. The van der Waals surface area contributed by atoms with Crippen molar-refractivity contribution in [1.82, 2.24) is 5.32 Å². The monoisotopic (exact) mass is 417 g/mol. The van der Waals surface area contributed by atoms with Gasteiger partial charge in [0.15, 0.2) is 12.2 Å². The van der Waals surface area contributed by atoms with Crippen LogP contribution in [0.4, 0.5) is 0 Å². The molecule has 0 aromatic rings. The molecular formula is C18H27NO10. The van der Waals surface area contributed by atoms with Gasteiger partial charge in [-0.3, -0.25) is 24.0 Å². The molecular weight excluding hydrogens is 390 g/mol. The van der Waals surface area contributed by atoms with Gasteiger partial charge in [0.1, 0.15) is 18.8 Å². The highest BCUT2D eigenvalue weighted by molar-refractivity contribution is 5.74. The zero-order valence-electron chi connectivity index (χ0n) is 17.1. The van der Waals surface area contributed by atoms with Crippen molar-refractivity contribution in [1.29, 1.82) is 0 Å². The van der Waals surface area contributed by atoms with Crippen LogP contribution in [0.25, 0.3) is 0 Å². The van der Waals surface area contributed by atoms with Crippen molar-refractivity contribution >= 4 is 29.8 Å². The summed E-state index contributed by atoms with van der Waals surface area (Å²) in [4.78, 5) is 58.1. The van der Waals surface area contributed by atoms with Gasteiger partial charge < -0.3 is 29.0 Å². The summed E-state index contributed by atoms with van der Waals surface area (Å²) < 4.78 is 26.4. The quantitative estimate of drug-likeness (QED) is 0.423. The van der Waals surface area contributed by atoms with Crippen molar-refractivity contribution in [2.75, 3.05) is 6.61 Å². The molecule has 0 aliphatic carbocycles. The van der Waals surface area contributed by atoms with E-state index in [1.807, 2.05) is 0 Å². The molecule has 1 heterocycles. The van der Waals surface area contributed by atoms with Crippen LogP contribution in [0.5, 0.6) is 0 Å². The lowest BCUT2D eigenvalue weighted by Gasteiger charge is -2.44. The van der Waals surface area contributed by atoms with E-state index in [-0.39, 0.29) is 13.0 Å². The zero-order chi connectivity index (χ0) is 22.1. The summed E-state index contributed by atoms with van der Waals surface area (Å²) in [6.45, 7) is 6.04. The SMILES string of the molecule is CCCC(=O)OC[C@H]1OC(OC(C)=O)[C@@H](NC(C)=O)C(OC(C)=O)[C@@H]1OC(C)=O. The van der Waals surface area contributed by atoms with Crippen LogP contribution in [0.15, 0.2) is 0 Å². The summed E-state index contributed by atoms with van der Waals surface area (Å²) >= 11 is 0. The molecule has 0 aromatic carbocycles. The number of carbonyl (C=O) groups excluding carboxylic acids is 5. The summed E-state index contributed by atoms with van der Waals surface area (Å²) in [6, 6.07) is -1.16. The molecule has 1 aliphatic rings. The van der Waals surface area contributed by atoms with E-state index in [0.717, 1.165) is 20.8 Å². The summed E-state index contributed by atoms with van der Waals surface area (Å²) in [6.07, 6.45) is -4.24. The molecule has 11 nitrogen and oxygen atoms in total. The lowest BCUT2D eigenvalue weighted by molar-refractivity contribution is -0.271. The second kappa shape index (κ2) is 11.3. The molecule has 29 heavy (non-hydrogen) atoms. The lowest BCUT2D eigenvalue weighted by Crippen LogP contribution is -2.66. The predicted molar refractivity (Wildman–Crippen MR) is 95.0 cm³/mol. The van der Waals surface area contributed by atoms with Crippen LogP contribution >= 0.6 is 0 Å². The van der Waals surface area contributed by atoms with Gasteiger partial charge in [-0.1, -0.05) is 6.92 Å². The van der Waals surface area contributed by atoms with Gasteiger partial charge in [-0.25, -0.2) is 0 Å². The largest absolute Gasteiger partial charge is 0.463 e. The molecule has 0 radical (unpaired) electrons. The normalized spacial score (nSPS) is 26.0. The topological polar surface area (TPSA) is 144 Å². The molecule has 1 N–H and O–H groups in total. The number of ether oxygens (including phenoxy) is 5. The van der Waals surface area contributed by atoms with E-state index in [9.17, 15) is 24.0 Å². The third kappa shape index (κ3) is 8.06. The minimum Gasteiger partial charge on any atom is -0.463 e. The van der Waals surface area contributed by atoms with Crippen LogP contribution in [0.1, 0.15) is 47.5 Å². The molecule has 1 saturated heterocycles. The molecule has 0 bridgehead atoms. The highest BCUT2D eigenvalue weighted by atomic mass is 16.7. The average molecular weight is 417 g/mol. The lowest BCUT2D eigenvalue weighted by atomic mass is 9.96. The van der Waals surface area contributed by atoms with E-state index in [1.54, 1.807) is 6.92 Å². The van der Waals surface area contributed by atoms with Gasteiger partial charge in [0, 0.05) is 34.1 Å². The zero-order valence-corrected chi connectivity index (χ0v) is 17.1. The van der Waals surface area contributed by atoms with E-state index < -0.39 is 60.4 Å². The van der Waals surface area contributed by atoms with Crippen molar-refractivity contribution in [3.63, 3.8) is 0 Å². The molecule has 1 aliphatic heterocycles. The molecule has 1 amide bonds. The predicted octanol–water partition coefficient (Wildman–Crippen LogP) is -0.0142. The Bertz CT molecular complexity index is 634. The standard InChI is InChI=1S/C18H27NO10/c1-6-7-14(24)25-8-13-16(26-10(3)21)17(27-11(4)22)15(19-9(2)20)18(29-13)28-12(5)23/h13,15-18H,6-8H2,1-5H3,(H,19,20)/t13-,15+,16-,17?,18?/m1/s1. The fourth-order valence-corrected chi connectivity index (χ4v) is 2.81. The summed E-state index contributed by atoms with van der Waals surface area (Å²) in [5.74, 6) is -3.20. The van der Waals surface area contributed by atoms with Gasteiger partial charge in [0.25, 0.3) is 0 Å². The van der Waals surface area contributed by atoms with Crippen LogP contribution in [0.2, 0.25) is 0 Å². The Morgan fingerprint density at radius 2 is 1.41 bits per heavy atom. The number of amides is 1. The third-order valence-electron chi connectivity index (χ3n) is 3.77. The first-order valence-corrected chi connectivity index (χ1v) is 9.15. The second-order valence-corrected chi connectivity index (χ2v) is 6.46.